The Bertz CT molecular complexity index is 520. The van der Waals surface area contributed by atoms with Crippen LogP contribution in [0.3, 0.4) is 0 Å². The van der Waals surface area contributed by atoms with Crippen molar-refractivity contribution in [1.29, 1.82) is 0 Å². The summed E-state index contributed by atoms with van der Waals surface area (Å²) in [6.07, 6.45) is 0. The lowest BCUT2D eigenvalue weighted by Gasteiger charge is -2.05. The standard InChI is InChI=1S/C11H9F2N3/c1-6-15-9(5-10(14)16-6)7-3-2-4-8(12)11(7)13/h2-5H,1H3,(H2,14,15,16). The highest BCUT2D eigenvalue weighted by molar-refractivity contribution is 5.62. The van der Waals surface area contributed by atoms with Crippen LogP contribution in [-0.2, 0) is 0 Å². The smallest absolute Gasteiger partial charge is 0.168 e. The van der Waals surface area contributed by atoms with Crippen LogP contribution >= 0.6 is 0 Å². The van der Waals surface area contributed by atoms with Gasteiger partial charge in [-0.05, 0) is 19.1 Å². The summed E-state index contributed by atoms with van der Waals surface area (Å²) in [6.45, 7) is 1.64. The molecule has 1 heterocycles. The fourth-order valence-electron chi connectivity index (χ4n) is 1.43. The average molecular weight is 221 g/mol. The number of halogens is 2. The number of rotatable bonds is 1. The molecule has 0 aliphatic heterocycles. The first-order valence-corrected chi connectivity index (χ1v) is 4.63. The zero-order valence-electron chi connectivity index (χ0n) is 8.54. The number of nitrogens with two attached hydrogens (primary N) is 1. The lowest BCUT2D eigenvalue weighted by molar-refractivity contribution is 0.511. The van der Waals surface area contributed by atoms with Gasteiger partial charge in [-0.2, -0.15) is 0 Å². The van der Waals surface area contributed by atoms with Crippen LogP contribution in [0.15, 0.2) is 24.3 Å². The fraction of sp³-hybridized carbons (Fsp3) is 0.0909. The molecule has 0 aliphatic carbocycles. The average Bonchev–Trinajstić information content (AvgIpc) is 2.20. The molecule has 0 amide bonds. The first-order valence-electron chi connectivity index (χ1n) is 4.63. The van der Waals surface area contributed by atoms with Crippen molar-refractivity contribution in [3.8, 4) is 11.3 Å². The van der Waals surface area contributed by atoms with Crippen molar-refractivity contribution >= 4 is 5.82 Å². The second-order valence-electron chi connectivity index (χ2n) is 3.33. The molecule has 82 valence electrons. The fourth-order valence-corrected chi connectivity index (χ4v) is 1.43. The van der Waals surface area contributed by atoms with E-state index in [1.807, 2.05) is 0 Å². The summed E-state index contributed by atoms with van der Waals surface area (Å²) in [7, 11) is 0. The summed E-state index contributed by atoms with van der Waals surface area (Å²) in [4.78, 5) is 7.87. The van der Waals surface area contributed by atoms with Crippen molar-refractivity contribution in [3.63, 3.8) is 0 Å². The summed E-state index contributed by atoms with van der Waals surface area (Å²) in [5.74, 6) is -1.20. The molecule has 0 aliphatic rings. The normalized spacial score (nSPS) is 10.4. The Kier molecular flexibility index (Phi) is 2.52. The van der Waals surface area contributed by atoms with Crippen molar-refractivity contribution in [2.45, 2.75) is 6.92 Å². The van der Waals surface area contributed by atoms with E-state index in [4.69, 9.17) is 5.73 Å². The van der Waals surface area contributed by atoms with Crippen LogP contribution in [0.5, 0.6) is 0 Å². The van der Waals surface area contributed by atoms with E-state index in [-0.39, 0.29) is 17.1 Å². The van der Waals surface area contributed by atoms with Crippen molar-refractivity contribution in [2.24, 2.45) is 0 Å². The molecular formula is C11H9F2N3. The molecule has 0 fully saturated rings. The van der Waals surface area contributed by atoms with Gasteiger partial charge in [-0.1, -0.05) is 6.07 Å². The van der Waals surface area contributed by atoms with Gasteiger partial charge in [0.25, 0.3) is 0 Å². The molecule has 5 heteroatoms. The number of benzene rings is 1. The van der Waals surface area contributed by atoms with E-state index in [0.717, 1.165) is 6.07 Å². The van der Waals surface area contributed by atoms with Crippen LogP contribution in [-0.4, -0.2) is 9.97 Å². The van der Waals surface area contributed by atoms with E-state index in [1.54, 1.807) is 6.92 Å². The van der Waals surface area contributed by atoms with Crippen LogP contribution in [0.1, 0.15) is 5.82 Å². The van der Waals surface area contributed by atoms with Gasteiger partial charge in [-0.3, -0.25) is 0 Å². The molecule has 2 aromatic rings. The molecule has 0 spiro atoms. The van der Waals surface area contributed by atoms with Crippen molar-refractivity contribution in [1.82, 2.24) is 9.97 Å². The maximum atomic E-state index is 13.5. The topological polar surface area (TPSA) is 51.8 Å². The highest BCUT2D eigenvalue weighted by Gasteiger charge is 2.11. The minimum absolute atomic E-state index is 0.0807. The lowest BCUT2D eigenvalue weighted by atomic mass is 10.1. The number of nitrogen functional groups attached to an aromatic ring is 1. The SMILES string of the molecule is Cc1nc(N)cc(-c2cccc(F)c2F)n1. The largest absolute Gasteiger partial charge is 0.384 e. The van der Waals surface area contributed by atoms with Gasteiger partial charge in [0.05, 0.1) is 5.69 Å². The first-order chi connectivity index (χ1) is 7.58. The third-order valence-corrected chi connectivity index (χ3v) is 2.09. The number of hydrogen-bond acceptors (Lipinski definition) is 3. The third-order valence-electron chi connectivity index (χ3n) is 2.09. The molecule has 1 aromatic carbocycles. The summed E-state index contributed by atoms with van der Waals surface area (Å²) in [5, 5.41) is 0. The minimum Gasteiger partial charge on any atom is -0.384 e. The van der Waals surface area contributed by atoms with Crippen LogP contribution in [0.25, 0.3) is 11.3 Å². The number of nitrogens with zero attached hydrogens (tertiary/aromatic N) is 2. The molecule has 2 rings (SSSR count). The summed E-state index contributed by atoms with van der Waals surface area (Å²) in [6, 6.07) is 5.32. The van der Waals surface area contributed by atoms with E-state index in [0.29, 0.717) is 5.82 Å². The van der Waals surface area contributed by atoms with Gasteiger partial charge in [0.15, 0.2) is 11.6 Å². The summed E-state index contributed by atoms with van der Waals surface area (Å²) < 4.78 is 26.5. The molecule has 0 unspecified atom stereocenters. The molecule has 16 heavy (non-hydrogen) atoms. The Morgan fingerprint density at radius 3 is 2.62 bits per heavy atom. The van der Waals surface area contributed by atoms with E-state index in [2.05, 4.69) is 9.97 Å². The molecule has 0 bridgehead atoms. The van der Waals surface area contributed by atoms with E-state index in [9.17, 15) is 8.78 Å². The van der Waals surface area contributed by atoms with Crippen LogP contribution in [0, 0.1) is 18.6 Å². The first kappa shape index (κ1) is 10.5. The Morgan fingerprint density at radius 2 is 1.94 bits per heavy atom. The molecule has 0 radical (unpaired) electrons. The quantitative estimate of drug-likeness (QED) is 0.803. The number of aromatic nitrogens is 2. The van der Waals surface area contributed by atoms with E-state index < -0.39 is 11.6 Å². The molecule has 3 nitrogen and oxygen atoms in total. The Labute approximate surface area is 91.0 Å². The minimum atomic E-state index is -0.931. The van der Waals surface area contributed by atoms with Gasteiger partial charge < -0.3 is 5.73 Å². The van der Waals surface area contributed by atoms with E-state index >= 15 is 0 Å². The van der Waals surface area contributed by atoms with Gasteiger partial charge in [0.2, 0.25) is 0 Å². The van der Waals surface area contributed by atoms with Crippen LogP contribution in [0.2, 0.25) is 0 Å². The van der Waals surface area contributed by atoms with Crippen LogP contribution in [0.4, 0.5) is 14.6 Å². The maximum Gasteiger partial charge on any atom is 0.168 e. The van der Waals surface area contributed by atoms with Gasteiger partial charge in [0, 0.05) is 11.6 Å². The summed E-state index contributed by atoms with van der Waals surface area (Å²) in [5.41, 5.74) is 5.88. The van der Waals surface area contributed by atoms with Gasteiger partial charge in [-0.25, -0.2) is 18.7 Å². The third kappa shape index (κ3) is 1.84. The molecule has 0 saturated heterocycles. The number of anilines is 1. The number of aryl methyl sites for hydroxylation is 1. The Hall–Kier alpha value is -2.04. The predicted octanol–water partition coefficient (Wildman–Crippen LogP) is 2.31. The Morgan fingerprint density at radius 1 is 1.19 bits per heavy atom. The lowest BCUT2D eigenvalue weighted by Crippen LogP contribution is -1.99. The zero-order chi connectivity index (χ0) is 11.7. The highest BCUT2D eigenvalue weighted by Crippen LogP contribution is 2.23. The molecular weight excluding hydrogens is 212 g/mol. The molecule has 2 N–H and O–H groups in total. The molecule has 0 saturated carbocycles. The van der Waals surface area contributed by atoms with E-state index in [1.165, 1.54) is 18.2 Å². The van der Waals surface area contributed by atoms with Crippen molar-refractivity contribution in [2.75, 3.05) is 5.73 Å². The second kappa shape index (κ2) is 3.84. The Balaban J connectivity index is 2.63. The van der Waals surface area contributed by atoms with Crippen molar-refractivity contribution < 1.29 is 8.78 Å². The van der Waals surface area contributed by atoms with Crippen molar-refractivity contribution in [3.05, 3.63) is 41.7 Å². The summed E-state index contributed by atoms with van der Waals surface area (Å²) >= 11 is 0. The predicted molar refractivity (Wildman–Crippen MR) is 56.5 cm³/mol. The number of hydrogen-bond donors (Lipinski definition) is 1. The van der Waals surface area contributed by atoms with Gasteiger partial charge in [-0.15, -0.1) is 0 Å². The second-order valence-corrected chi connectivity index (χ2v) is 3.33. The van der Waals surface area contributed by atoms with Crippen LogP contribution < -0.4 is 5.73 Å². The molecule has 1 aromatic heterocycles. The van der Waals surface area contributed by atoms with Gasteiger partial charge in [0.1, 0.15) is 11.6 Å². The monoisotopic (exact) mass is 221 g/mol. The molecule has 0 atom stereocenters. The zero-order valence-corrected chi connectivity index (χ0v) is 8.54. The highest BCUT2D eigenvalue weighted by atomic mass is 19.2. The van der Waals surface area contributed by atoms with Gasteiger partial charge >= 0.3 is 0 Å². The maximum absolute atomic E-state index is 13.5.